The highest BCUT2D eigenvalue weighted by Crippen LogP contribution is 2.27. The third-order valence-electron chi connectivity index (χ3n) is 3.10. The molecule has 0 bridgehead atoms. The summed E-state index contributed by atoms with van der Waals surface area (Å²) in [5, 5.41) is 21.7. The number of hydrogen-bond donors (Lipinski definition) is 1. The van der Waals surface area contributed by atoms with Crippen molar-refractivity contribution in [2.24, 2.45) is 5.10 Å². The number of carboxylic acid groups (broad SMARTS) is 1. The predicted octanol–water partition coefficient (Wildman–Crippen LogP) is 3.49. The SMILES string of the molecule is CSc1nncn1/N=C\c1ccc(-c2ccc(C(=O)O)c(Cl)c2)o1. The van der Waals surface area contributed by atoms with E-state index in [0.29, 0.717) is 22.2 Å². The van der Waals surface area contributed by atoms with Crippen molar-refractivity contribution in [1.82, 2.24) is 14.9 Å². The topological polar surface area (TPSA) is 93.5 Å². The van der Waals surface area contributed by atoms with Gasteiger partial charge in [0.05, 0.1) is 16.8 Å². The number of nitrogens with zero attached hydrogens (tertiary/aromatic N) is 4. The van der Waals surface area contributed by atoms with E-state index in [0.717, 1.165) is 0 Å². The van der Waals surface area contributed by atoms with Crippen LogP contribution in [0, 0.1) is 0 Å². The maximum atomic E-state index is 11.0. The van der Waals surface area contributed by atoms with Gasteiger partial charge in [0, 0.05) is 5.56 Å². The van der Waals surface area contributed by atoms with E-state index in [2.05, 4.69) is 15.3 Å². The van der Waals surface area contributed by atoms with Crippen LogP contribution in [0.5, 0.6) is 0 Å². The Morgan fingerprint density at radius 2 is 2.25 bits per heavy atom. The Labute approximate surface area is 146 Å². The number of benzene rings is 1. The molecule has 2 aromatic heterocycles. The van der Waals surface area contributed by atoms with E-state index in [1.165, 1.54) is 28.8 Å². The molecular weight excluding hydrogens is 352 g/mol. The van der Waals surface area contributed by atoms with E-state index in [1.54, 1.807) is 30.5 Å². The van der Waals surface area contributed by atoms with Gasteiger partial charge in [-0.2, -0.15) is 9.78 Å². The van der Waals surface area contributed by atoms with Gasteiger partial charge in [0.1, 0.15) is 17.8 Å². The molecule has 9 heteroatoms. The van der Waals surface area contributed by atoms with Crippen LogP contribution in [-0.4, -0.2) is 38.4 Å². The van der Waals surface area contributed by atoms with Crippen molar-refractivity contribution in [2.75, 3.05) is 6.26 Å². The molecule has 0 spiro atoms. The monoisotopic (exact) mass is 362 g/mol. The van der Waals surface area contributed by atoms with Gasteiger partial charge in [-0.25, -0.2) is 4.79 Å². The number of aromatic nitrogens is 3. The number of halogens is 1. The summed E-state index contributed by atoms with van der Waals surface area (Å²) >= 11 is 7.40. The minimum Gasteiger partial charge on any atom is -0.478 e. The van der Waals surface area contributed by atoms with Crippen molar-refractivity contribution >= 4 is 35.5 Å². The molecule has 7 nitrogen and oxygen atoms in total. The van der Waals surface area contributed by atoms with Gasteiger partial charge in [-0.05, 0) is 30.5 Å². The number of carboxylic acids is 1. The number of aromatic carboxylic acids is 1. The molecule has 0 amide bonds. The summed E-state index contributed by atoms with van der Waals surface area (Å²) in [6, 6.07) is 8.14. The first-order valence-electron chi connectivity index (χ1n) is 6.70. The number of thioether (sulfide) groups is 1. The zero-order valence-corrected chi connectivity index (χ0v) is 14.0. The highest BCUT2D eigenvalue weighted by atomic mass is 35.5. The van der Waals surface area contributed by atoms with E-state index in [1.807, 2.05) is 6.26 Å². The highest BCUT2D eigenvalue weighted by molar-refractivity contribution is 7.98. The van der Waals surface area contributed by atoms with Crippen LogP contribution < -0.4 is 0 Å². The second-order valence-corrected chi connectivity index (χ2v) is 5.79. The van der Waals surface area contributed by atoms with Crippen molar-refractivity contribution in [3.8, 4) is 11.3 Å². The van der Waals surface area contributed by atoms with Crippen LogP contribution in [-0.2, 0) is 0 Å². The fraction of sp³-hybridized carbons (Fsp3) is 0.0667. The molecule has 3 aromatic rings. The van der Waals surface area contributed by atoms with Gasteiger partial charge in [0.2, 0.25) is 5.16 Å². The number of furan rings is 1. The summed E-state index contributed by atoms with van der Waals surface area (Å²) < 4.78 is 7.21. The molecule has 0 aliphatic heterocycles. The fourth-order valence-corrected chi connectivity index (χ4v) is 2.64. The van der Waals surface area contributed by atoms with Crippen LogP contribution in [0.3, 0.4) is 0 Å². The predicted molar refractivity (Wildman–Crippen MR) is 90.9 cm³/mol. The molecule has 0 radical (unpaired) electrons. The lowest BCUT2D eigenvalue weighted by Crippen LogP contribution is -1.96. The van der Waals surface area contributed by atoms with E-state index < -0.39 is 5.97 Å². The average molecular weight is 363 g/mol. The second-order valence-electron chi connectivity index (χ2n) is 4.61. The van der Waals surface area contributed by atoms with Crippen LogP contribution >= 0.6 is 23.4 Å². The van der Waals surface area contributed by atoms with Gasteiger partial charge in [0.15, 0.2) is 0 Å². The van der Waals surface area contributed by atoms with Gasteiger partial charge >= 0.3 is 5.97 Å². The summed E-state index contributed by atoms with van der Waals surface area (Å²) in [6.07, 6.45) is 4.92. The minimum atomic E-state index is -1.07. The number of rotatable bonds is 5. The third kappa shape index (κ3) is 3.34. The Hall–Kier alpha value is -2.58. The van der Waals surface area contributed by atoms with Crippen molar-refractivity contribution in [3.05, 3.63) is 53.0 Å². The van der Waals surface area contributed by atoms with Gasteiger partial charge in [0.25, 0.3) is 0 Å². The van der Waals surface area contributed by atoms with E-state index >= 15 is 0 Å². The van der Waals surface area contributed by atoms with Crippen molar-refractivity contribution in [2.45, 2.75) is 5.16 Å². The number of hydrogen-bond acceptors (Lipinski definition) is 6. The highest BCUT2D eigenvalue weighted by Gasteiger charge is 2.11. The van der Waals surface area contributed by atoms with Gasteiger partial charge in [-0.1, -0.05) is 29.4 Å². The maximum absolute atomic E-state index is 11.0. The molecule has 0 aliphatic rings. The normalized spacial score (nSPS) is 11.2. The van der Waals surface area contributed by atoms with Crippen LogP contribution in [0.4, 0.5) is 0 Å². The van der Waals surface area contributed by atoms with Gasteiger partial charge in [-0.3, -0.25) is 0 Å². The first-order chi connectivity index (χ1) is 11.6. The van der Waals surface area contributed by atoms with Crippen molar-refractivity contribution in [3.63, 3.8) is 0 Å². The van der Waals surface area contributed by atoms with E-state index in [9.17, 15) is 4.79 Å². The summed E-state index contributed by atoms with van der Waals surface area (Å²) in [5.41, 5.74) is 0.727. The molecule has 0 saturated heterocycles. The zero-order valence-electron chi connectivity index (χ0n) is 12.4. The first-order valence-corrected chi connectivity index (χ1v) is 8.30. The lowest BCUT2D eigenvalue weighted by Gasteiger charge is -2.01. The Morgan fingerprint density at radius 3 is 2.96 bits per heavy atom. The molecule has 1 aromatic carbocycles. The first kappa shape index (κ1) is 16.3. The summed E-state index contributed by atoms with van der Waals surface area (Å²) in [6.45, 7) is 0. The molecule has 2 heterocycles. The Bertz CT molecular complexity index is 919. The molecule has 1 N–H and O–H groups in total. The quantitative estimate of drug-likeness (QED) is 0.551. The smallest absolute Gasteiger partial charge is 0.337 e. The summed E-state index contributed by atoms with van der Waals surface area (Å²) in [5.74, 6) is 0.0191. The lowest BCUT2D eigenvalue weighted by molar-refractivity contribution is 0.0697. The maximum Gasteiger partial charge on any atom is 0.337 e. The minimum absolute atomic E-state index is 0.0472. The molecule has 0 saturated carbocycles. The zero-order chi connectivity index (χ0) is 17.1. The Kier molecular flexibility index (Phi) is 4.68. The molecule has 0 unspecified atom stereocenters. The number of carbonyl (C=O) groups is 1. The molecule has 24 heavy (non-hydrogen) atoms. The molecule has 122 valence electrons. The molecule has 0 fully saturated rings. The van der Waals surface area contributed by atoms with Gasteiger partial charge in [-0.15, -0.1) is 10.2 Å². The van der Waals surface area contributed by atoms with Crippen molar-refractivity contribution in [1.29, 1.82) is 0 Å². The summed E-state index contributed by atoms with van der Waals surface area (Å²) in [4.78, 5) is 11.0. The third-order valence-corrected chi connectivity index (χ3v) is 4.05. The lowest BCUT2D eigenvalue weighted by atomic mass is 10.1. The largest absolute Gasteiger partial charge is 0.478 e. The Balaban J connectivity index is 1.83. The van der Waals surface area contributed by atoms with E-state index in [4.69, 9.17) is 21.1 Å². The van der Waals surface area contributed by atoms with Crippen LogP contribution in [0.1, 0.15) is 16.1 Å². The van der Waals surface area contributed by atoms with Crippen molar-refractivity contribution < 1.29 is 14.3 Å². The molecule has 3 rings (SSSR count). The van der Waals surface area contributed by atoms with Crippen LogP contribution in [0.2, 0.25) is 5.02 Å². The molecular formula is C15H11ClN4O3S. The molecule has 0 aliphatic carbocycles. The summed E-state index contributed by atoms with van der Waals surface area (Å²) in [7, 11) is 0. The van der Waals surface area contributed by atoms with Crippen LogP contribution in [0.15, 0.2) is 51.3 Å². The Morgan fingerprint density at radius 1 is 1.42 bits per heavy atom. The fourth-order valence-electron chi connectivity index (χ4n) is 1.97. The second kappa shape index (κ2) is 6.90. The van der Waals surface area contributed by atoms with Crippen LogP contribution in [0.25, 0.3) is 11.3 Å². The van der Waals surface area contributed by atoms with E-state index in [-0.39, 0.29) is 10.6 Å². The average Bonchev–Trinajstić information content (AvgIpc) is 3.21. The standard InChI is InChI=1S/C15H11ClN4O3S/c1-24-15-19-17-8-20(15)18-7-10-3-5-13(23-10)9-2-4-11(14(21)22)12(16)6-9/h2-8H,1H3,(H,21,22)/b18-7-. The molecule has 0 atom stereocenters. The van der Waals surface area contributed by atoms with Gasteiger partial charge < -0.3 is 9.52 Å².